The van der Waals surface area contributed by atoms with Gasteiger partial charge in [-0.25, -0.2) is 9.97 Å². The molecular weight excluding hydrogens is 240 g/mol. The van der Waals surface area contributed by atoms with Gasteiger partial charge in [0.05, 0.1) is 13.2 Å². The van der Waals surface area contributed by atoms with Crippen LogP contribution in [-0.2, 0) is 0 Å². The fraction of sp³-hybridized carbons (Fsp3) is 0.214. The van der Waals surface area contributed by atoms with Gasteiger partial charge in [0, 0.05) is 30.6 Å². The maximum Gasteiger partial charge on any atom is 0.225 e. The number of hydrogen-bond donors (Lipinski definition) is 0. The van der Waals surface area contributed by atoms with Gasteiger partial charge in [0.25, 0.3) is 0 Å². The average Bonchev–Trinajstić information content (AvgIpc) is 2.47. The van der Waals surface area contributed by atoms with Gasteiger partial charge >= 0.3 is 0 Å². The Labute approximate surface area is 112 Å². The standard InChI is InChI=1S/C14H14N4O/c1-18(8-7-15)14-16-9-11(10-17-14)12-5-3-4-6-13(12)19-2/h3-6,9-10H,8H2,1-2H3. The second-order valence-corrected chi connectivity index (χ2v) is 3.99. The Morgan fingerprint density at radius 3 is 2.58 bits per heavy atom. The van der Waals surface area contributed by atoms with Crippen LogP contribution in [0.15, 0.2) is 36.7 Å². The number of ether oxygens (including phenoxy) is 1. The van der Waals surface area contributed by atoms with Crippen molar-refractivity contribution in [2.45, 2.75) is 0 Å². The summed E-state index contributed by atoms with van der Waals surface area (Å²) < 4.78 is 5.31. The Morgan fingerprint density at radius 2 is 1.95 bits per heavy atom. The minimum absolute atomic E-state index is 0.258. The summed E-state index contributed by atoms with van der Waals surface area (Å²) in [5.74, 6) is 1.31. The molecule has 0 saturated heterocycles. The number of hydrogen-bond acceptors (Lipinski definition) is 5. The predicted octanol–water partition coefficient (Wildman–Crippen LogP) is 2.11. The van der Waals surface area contributed by atoms with E-state index in [0.717, 1.165) is 16.9 Å². The first kappa shape index (κ1) is 12.8. The van der Waals surface area contributed by atoms with Crippen molar-refractivity contribution in [2.75, 3.05) is 25.6 Å². The normalized spacial score (nSPS) is 9.74. The summed E-state index contributed by atoms with van der Waals surface area (Å²) in [5.41, 5.74) is 1.83. The lowest BCUT2D eigenvalue weighted by Crippen LogP contribution is -2.19. The largest absolute Gasteiger partial charge is 0.496 e. The lowest BCUT2D eigenvalue weighted by atomic mass is 10.1. The predicted molar refractivity (Wildman–Crippen MR) is 72.9 cm³/mol. The third kappa shape index (κ3) is 2.80. The monoisotopic (exact) mass is 254 g/mol. The van der Waals surface area contributed by atoms with Crippen molar-refractivity contribution in [1.29, 1.82) is 5.26 Å². The van der Waals surface area contributed by atoms with Crippen LogP contribution in [0.2, 0.25) is 0 Å². The molecular formula is C14H14N4O. The second kappa shape index (κ2) is 5.83. The van der Waals surface area contributed by atoms with Crippen LogP contribution < -0.4 is 9.64 Å². The minimum Gasteiger partial charge on any atom is -0.496 e. The van der Waals surface area contributed by atoms with Crippen molar-refractivity contribution in [3.8, 4) is 22.9 Å². The molecule has 1 aromatic carbocycles. The zero-order valence-corrected chi connectivity index (χ0v) is 10.9. The molecule has 0 radical (unpaired) electrons. The average molecular weight is 254 g/mol. The molecule has 0 fully saturated rings. The molecule has 1 aromatic heterocycles. The van der Waals surface area contributed by atoms with Crippen LogP contribution >= 0.6 is 0 Å². The maximum atomic E-state index is 8.64. The summed E-state index contributed by atoms with van der Waals surface area (Å²) in [7, 11) is 3.41. The van der Waals surface area contributed by atoms with Gasteiger partial charge in [0.2, 0.25) is 5.95 Å². The molecule has 0 aliphatic heterocycles. The second-order valence-electron chi connectivity index (χ2n) is 3.99. The van der Waals surface area contributed by atoms with Crippen LogP contribution in [0.5, 0.6) is 5.75 Å². The van der Waals surface area contributed by atoms with Crippen LogP contribution in [0.4, 0.5) is 5.95 Å². The van der Waals surface area contributed by atoms with E-state index in [0.29, 0.717) is 5.95 Å². The van der Waals surface area contributed by atoms with E-state index < -0.39 is 0 Å². The fourth-order valence-corrected chi connectivity index (χ4v) is 1.72. The lowest BCUT2D eigenvalue weighted by Gasteiger charge is -2.13. The molecule has 2 aromatic rings. The van der Waals surface area contributed by atoms with Crippen molar-refractivity contribution in [1.82, 2.24) is 9.97 Å². The topological polar surface area (TPSA) is 62.0 Å². The number of para-hydroxylation sites is 1. The molecule has 0 spiro atoms. The molecule has 0 aliphatic rings. The maximum absolute atomic E-state index is 8.64. The van der Waals surface area contributed by atoms with Crippen LogP contribution in [0, 0.1) is 11.3 Å². The summed E-state index contributed by atoms with van der Waals surface area (Å²) >= 11 is 0. The van der Waals surface area contributed by atoms with Gasteiger partial charge in [-0.05, 0) is 6.07 Å². The molecule has 0 unspecified atom stereocenters. The molecule has 96 valence electrons. The first-order chi connectivity index (χ1) is 9.26. The third-order valence-electron chi connectivity index (χ3n) is 2.71. The summed E-state index contributed by atoms with van der Waals surface area (Å²) in [6.45, 7) is 0.258. The zero-order chi connectivity index (χ0) is 13.7. The molecule has 0 atom stereocenters. The lowest BCUT2D eigenvalue weighted by molar-refractivity contribution is 0.416. The van der Waals surface area contributed by atoms with Crippen molar-refractivity contribution in [2.24, 2.45) is 0 Å². The molecule has 5 heteroatoms. The smallest absolute Gasteiger partial charge is 0.225 e. The van der Waals surface area contributed by atoms with E-state index in [2.05, 4.69) is 16.0 Å². The number of anilines is 1. The first-order valence-electron chi connectivity index (χ1n) is 5.79. The van der Waals surface area contributed by atoms with Crippen LogP contribution in [0.1, 0.15) is 0 Å². The number of nitriles is 1. The highest BCUT2D eigenvalue weighted by Gasteiger charge is 2.07. The van der Waals surface area contributed by atoms with E-state index in [9.17, 15) is 0 Å². The van der Waals surface area contributed by atoms with Crippen LogP contribution in [-0.4, -0.2) is 30.7 Å². The number of rotatable bonds is 4. The van der Waals surface area contributed by atoms with Crippen molar-refractivity contribution < 1.29 is 4.74 Å². The molecule has 19 heavy (non-hydrogen) atoms. The Balaban J connectivity index is 2.30. The van der Waals surface area contributed by atoms with Gasteiger partial charge in [-0.15, -0.1) is 0 Å². The SMILES string of the molecule is COc1ccccc1-c1cnc(N(C)CC#N)nc1. The van der Waals surface area contributed by atoms with Crippen molar-refractivity contribution >= 4 is 5.95 Å². The molecule has 5 nitrogen and oxygen atoms in total. The molecule has 0 amide bonds. The summed E-state index contributed by atoms with van der Waals surface area (Å²) in [4.78, 5) is 10.2. The van der Waals surface area contributed by atoms with Gasteiger partial charge < -0.3 is 9.64 Å². The summed E-state index contributed by atoms with van der Waals surface area (Å²) in [6, 6.07) is 9.76. The van der Waals surface area contributed by atoms with E-state index in [-0.39, 0.29) is 6.54 Å². The number of aromatic nitrogens is 2. The van der Waals surface area contributed by atoms with Gasteiger partial charge in [-0.2, -0.15) is 5.26 Å². The Morgan fingerprint density at radius 1 is 1.26 bits per heavy atom. The highest BCUT2D eigenvalue weighted by Crippen LogP contribution is 2.28. The fourth-order valence-electron chi connectivity index (χ4n) is 1.72. The number of methoxy groups -OCH3 is 1. The van der Waals surface area contributed by atoms with E-state index in [1.165, 1.54) is 0 Å². The van der Waals surface area contributed by atoms with E-state index in [4.69, 9.17) is 10.00 Å². The van der Waals surface area contributed by atoms with E-state index in [1.54, 1.807) is 31.5 Å². The van der Waals surface area contributed by atoms with Crippen LogP contribution in [0.3, 0.4) is 0 Å². The third-order valence-corrected chi connectivity index (χ3v) is 2.71. The molecule has 0 aliphatic carbocycles. The first-order valence-corrected chi connectivity index (χ1v) is 5.79. The zero-order valence-electron chi connectivity index (χ0n) is 10.9. The highest BCUT2D eigenvalue weighted by molar-refractivity contribution is 5.69. The molecule has 0 bridgehead atoms. The van der Waals surface area contributed by atoms with Crippen molar-refractivity contribution in [3.63, 3.8) is 0 Å². The Hall–Kier alpha value is -2.61. The molecule has 0 N–H and O–H groups in total. The van der Waals surface area contributed by atoms with Gasteiger partial charge in [0.1, 0.15) is 12.3 Å². The number of benzene rings is 1. The molecule has 2 rings (SSSR count). The summed E-state index contributed by atoms with van der Waals surface area (Å²) in [6.07, 6.45) is 3.46. The van der Waals surface area contributed by atoms with Gasteiger partial charge in [0.15, 0.2) is 0 Å². The molecule has 1 heterocycles. The number of nitrogens with zero attached hydrogens (tertiary/aromatic N) is 4. The highest BCUT2D eigenvalue weighted by atomic mass is 16.5. The Bertz CT molecular complexity index is 589. The van der Waals surface area contributed by atoms with Crippen LogP contribution in [0.25, 0.3) is 11.1 Å². The van der Waals surface area contributed by atoms with E-state index >= 15 is 0 Å². The van der Waals surface area contributed by atoms with Gasteiger partial charge in [-0.3, -0.25) is 0 Å². The van der Waals surface area contributed by atoms with Gasteiger partial charge in [-0.1, -0.05) is 18.2 Å². The molecule has 0 saturated carbocycles. The van der Waals surface area contributed by atoms with E-state index in [1.807, 2.05) is 24.3 Å². The van der Waals surface area contributed by atoms with Crippen molar-refractivity contribution in [3.05, 3.63) is 36.7 Å². The Kier molecular flexibility index (Phi) is 3.94. The summed E-state index contributed by atoms with van der Waals surface area (Å²) in [5, 5.41) is 8.64. The quantitative estimate of drug-likeness (QED) is 0.782. The minimum atomic E-state index is 0.258.